The van der Waals surface area contributed by atoms with Gasteiger partial charge in [-0.25, -0.2) is 14.1 Å². The minimum atomic E-state index is -0.353. The average molecular weight is 415 g/mol. The number of fused-ring (bicyclic) bond motifs is 1. The number of hydrogen-bond donors (Lipinski definition) is 1. The van der Waals surface area contributed by atoms with E-state index in [0.717, 1.165) is 32.2 Å². The first kappa shape index (κ1) is 19.6. The fourth-order valence-corrected chi connectivity index (χ4v) is 4.45. The monoisotopic (exact) mass is 415 g/mol. The van der Waals surface area contributed by atoms with Crippen LogP contribution in [0.25, 0.3) is 16.7 Å². The second-order valence-corrected chi connectivity index (χ2v) is 8.04. The lowest BCUT2D eigenvalue weighted by atomic mass is 10.0. The Hall–Kier alpha value is -2.68. The molecule has 1 N–H and O–H groups in total. The lowest BCUT2D eigenvalue weighted by Crippen LogP contribution is -2.44. The maximum absolute atomic E-state index is 13.2. The normalized spacial score (nSPS) is 17.0. The highest BCUT2D eigenvalue weighted by molar-refractivity contribution is 7.99. The largest absolute Gasteiger partial charge is 0.339 e. The van der Waals surface area contributed by atoms with Crippen molar-refractivity contribution in [2.45, 2.75) is 43.8 Å². The van der Waals surface area contributed by atoms with E-state index >= 15 is 0 Å². The molecule has 1 aliphatic heterocycles. The first-order chi connectivity index (χ1) is 14.1. The molecule has 1 aliphatic rings. The summed E-state index contributed by atoms with van der Waals surface area (Å²) in [7, 11) is 0. The molecule has 9 heteroatoms. The van der Waals surface area contributed by atoms with Crippen molar-refractivity contribution in [1.29, 1.82) is 0 Å². The molecule has 29 heavy (non-hydrogen) atoms. The lowest BCUT2D eigenvalue weighted by molar-refractivity contribution is -0.132. The van der Waals surface area contributed by atoms with Gasteiger partial charge in [0.25, 0.3) is 5.56 Å². The molecule has 0 bridgehead atoms. The van der Waals surface area contributed by atoms with Crippen molar-refractivity contribution in [1.82, 2.24) is 24.6 Å². The summed E-state index contributed by atoms with van der Waals surface area (Å²) in [5.74, 6) is -0.0690. The molecule has 1 aromatic carbocycles. The van der Waals surface area contributed by atoms with Crippen LogP contribution in [-0.2, 0) is 4.79 Å². The van der Waals surface area contributed by atoms with Gasteiger partial charge >= 0.3 is 0 Å². The first-order valence-electron chi connectivity index (χ1n) is 9.73. The van der Waals surface area contributed by atoms with Crippen LogP contribution in [-0.4, -0.2) is 48.9 Å². The van der Waals surface area contributed by atoms with Gasteiger partial charge in [-0.15, -0.1) is 0 Å². The topological polar surface area (TPSA) is 83.9 Å². The summed E-state index contributed by atoms with van der Waals surface area (Å²) in [5.41, 5.74) is 0.660. The van der Waals surface area contributed by atoms with Crippen molar-refractivity contribution in [2.75, 3.05) is 12.3 Å². The molecule has 4 rings (SSSR count). The molecular weight excluding hydrogens is 393 g/mol. The summed E-state index contributed by atoms with van der Waals surface area (Å²) in [6.07, 6.45) is 5.63. The van der Waals surface area contributed by atoms with Crippen LogP contribution < -0.4 is 5.56 Å². The number of aromatic amines is 1. The van der Waals surface area contributed by atoms with E-state index in [0.29, 0.717) is 27.9 Å². The van der Waals surface area contributed by atoms with E-state index in [-0.39, 0.29) is 23.0 Å². The standard InChI is InChI=1S/C20H22FN5O2S/c1-2-14-5-3-4-10-25(14)17(27)12-29-20-23-18-16(19(28)24-20)11-22-26(18)15-8-6-13(21)7-9-15/h6-9,11,14H,2-5,10,12H2,1H3,(H,23,24,28)/t14-/m1/s1. The predicted octanol–water partition coefficient (Wildman–Crippen LogP) is 3.13. The molecule has 2 aromatic heterocycles. The zero-order valence-corrected chi connectivity index (χ0v) is 16.9. The molecule has 3 aromatic rings. The van der Waals surface area contributed by atoms with Crippen LogP contribution in [0.15, 0.2) is 40.4 Å². The van der Waals surface area contributed by atoms with Gasteiger partial charge in [-0.05, 0) is 49.9 Å². The van der Waals surface area contributed by atoms with Crippen LogP contribution in [0.2, 0.25) is 0 Å². The lowest BCUT2D eigenvalue weighted by Gasteiger charge is -2.35. The molecule has 152 valence electrons. The van der Waals surface area contributed by atoms with Gasteiger partial charge in [0.2, 0.25) is 5.91 Å². The Morgan fingerprint density at radius 2 is 2.10 bits per heavy atom. The third-order valence-corrected chi connectivity index (χ3v) is 6.10. The van der Waals surface area contributed by atoms with E-state index in [1.807, 2.05) is 4.90 Å². The summed E-state index contributed by atoms with van der Waals surface area (Å²) >= 11 is 1.21. The van der Waals surface area contributed by atoms with Crippen LogP contribution in [0.4, 0.5) is 4.39 Å². The van der Waals surface area contributed by atoms with E-state index in [1.165, 1.54) is 34.8 Å². The average Bonchev–Trinajstić information content (AvgIpc) is 3.17. The number of aromatic nitrogens is 4. The second kappa shape index (κ2) is 8.36. The fourth-order valence-electron chi connectivity index (χ4n) is 3.70. The summed E-state index contributed by atoms with van der Waals surface area (Å²) in [6, 6.07) is 6.09. The predicted molar refractivity (Wildman–Crippen MR) is 110 cm³/mol. The maximum Gasteiger partial charge on any atom is 0.262 e. The molecule has 0 aliphatic carbocycles. The zero-order chi connectivity index (χ0) is 20.4. The third-order valence-electron chi connectivity index (χ3n) is 5.24. The van der Waals surface area contributed by atoms with Gasteiger partial charge in [-0.3, -0.25) is 9.59 Å². The number of thioether (sulfide) groups is 1. The number of carbonyl (C=O) groups is 1. The Balaban J connectivity index is 1.56. The number of H-pyrrole nitrogens is 1. The highest BCUT2D eigenvalue weighted by Crippen LogP contribution is 2.22. The molecule has 1 fully saturated rings. The molecule has 3 heterocycles. The van der Waals surface area contributed by atoms with E-state index in [4.69, 9.17) is 0 Å². The minimum Gasteiger partial charge on any atom is -0.339 e. The van der Waals surface area contributed by atoms with Gasteiger partial charge in [-0.2, -0.15) is 5.10 Å². The maximum atomic E-state index is 13.2. The van der Waals surface area contributed by atoms with Crippen molar-refractivity contribution >= 4 is 28.7 Å². The number of benzene rings is 1. The Kier molecular flexibility index (Phi) is 5.66. The molecule has 0 radical (unpaired) electrons. The molecule has 0 saturated carbocycles. The second-order valence-electron chi connectivity index (χ2n) is 7.07. The molecule has 1 saturated heterocycles. The molecule has 7 nitrogen and oxygen atoms in total. The SMILES string of the molecule is CC[C@@H]1CCCCN1C(=O)CSc1nc2c(cnn2-c2ccc(F)cc2)c(=O)[nH]1. The summed E-state index contributed by atoms with van der Waals surface area (Å²) in [6.45, 7) is 2.89. The van der Waals surface area contributed by atoms with Crippen molar-refractivity contribution in [3.05, 3.63) is 46.6 Å². The van der Waals surface area contributed by atoms with Gasteiger partial charge in [0.05, 0.1) is 17.6 Å². The summed E-state index contributed by atoms with van der Waals surface area (Å²) in [4.78, 5) is 34.3. The number of nitrogens with one attached hydrogen (secondary N) is 1. The zero-order valence-electron chi connectivity index (χ0n) is 16.1. The van der Waals surface area contributed by atoms with E-state index < -0.39 is 0 Å². The Morgan fingerprint density at radius 1 is 1.31 bits per heavy atom. The highest BCUT2D eigenvalue weighted by Gasteiger charge is 2.25. The number of amides is 1. The Bertz CT molecular complexity index is 1080. The van der Waals surface area contributed by atoms with Crippen LogP contribution in [0.5, 0.6) is 0 Å². The number of hydrogen-bond acceptors (Lipinski definition) is 5. The molecule has 1 amide bonds. The number of halogens is 1. The highest BCUT2D eigenvalue weighted by atomic mass is 32.2. The van der Waals surface area contributed by atoms with Gasteiger partial charge in [0.1, 0.15) is 11.2 Å². The van der Waals surface area contributed by atoms with Crippen molar-refractivity contribution < 1.29 is 9.18 Å². The van der Waals surface area contributed by atoms with Crippen LogP contribution in [0.1, 0.15) is 32.6 Å². The molecular formula is C20H22FN5O2S. The number of rotatable bonds is 5. The van der Waals surface area contributed by atoms with Crippen LogP contribution in [0, 0.1) is 5.82 Å². The van der Waals surface area contributed by atoms with Gasteiger partial charge in [0.15, 0.2) is 10.8 Å². The van der Waals surface area contributed by atoms with E-state index in [1.54, 1.807) is 12.1 Å². The number of nitrogens with zero attached hydrogens (tertiary/aromatic N) is 4. The van der Waals surface area contributed by atoms with Gasteiger partial charge in [-0.1, -0.05) is 18.7 Å². The van der Waals surface area contributed by atoms with Crippen molar-refractivity contribution in [3.63, 3.8) is 0 Å². The first-order valence-corrected chi connectivity index (χ1v) is 10.7. The number of piperidine rings is 1. The Labute approximate surface area is 171 Å². The molecule has 0 spiro atoms. The molecule has 0 unspecified atom stereocenters. The van der Waals surface area contributed by atoms with Gasteiger partial charge in [0, 0.05) is 12.6 Å². The number of carbonyl (C=O) groups excluding carboxylic acids is 1. The van der Waals surface area contributed by atoms with Crippen LogP contribution in [0.3, 0.4) is 0 Å². The quantitative estimate of drug-likeness (QED) is 0.511. The summed E-state index contributed by atoms with van der Waals surface area (Å²) < 4.78 is 14.7. The van der Waals surface area contributed by atoms with Gasteiger partial charge < -0.3 is 9.88 Å². The number of likely N-dealkylation sites (tertiary alicyclic amines) is 1. The minimum absolute atomic E-state index is 0.0661. The molecule has 1 atom stereocenters. The summed E-state index contributed by atoms with van der Waals surface area (Å²) in [5, 5.41) is 4.92. The van der Waals surface area contributed by atoms with Crippen molar-refractivity contribution in [3.8, 4) is 5.69 Å². The third kappa shape index (κ3) is 4.05. The Morgan fingerprint density at radius 3 is 2.86 bits per heavy atom. The fraction of sp³-hybridized carbons (Fsp3) is 0.400. The van der Waals surface area contributed by atoms with Crippen LogP contribution >= 0.6 is 11.8 Å². The smallest absolute Gasteiger partial charge is 0.262 e. The van der Waals surface area contributed by atoms with Crippen molar-refractivity contribution in [2.24, 2.45) is 0 Å². The van der Waals surface area contributed by atoms with E-state index in [2.05, 4.69) is 22.0 Å². The van der Waals surface area contributed by atoms with E-state index in [9.17, 15) is 14.0 Å².